The van der Waals surface area contributed by atoms with Gasteiger partial charge in [0.2, 0.25) is 11.8 Å². The molecule has 1 heterocycles. The van der Waals surface area contributed by atoms with Gasteiger partial charge in [-0.05, 0) is 38.8 Å². The number of carbonyl (C=O) groups is 2. The summed E-state index contributed by atoms with van der Waals surface area (Å²) < 4.78 is 5.41. The molecule has 23 heavy (non-hydrogen) atoms. The number of hydrogen-bond donors (Lipinski definition) is 1. The Hall–Kier alpha value is -1.75. The van der Waals surface area contributed by atoms with Crippen LogP contribution in [0.5, 0.6) is 5.75 Å². The summed E-state index contributed by atoms with van der Waals surface area (Å²) in [6, 6.07) is 5.33. The largest absolute Gasteiger partial charge is 0.494 e. The summed E-state index contributed by atoms with van der Waals surface area (Å²) in [7, 11) is 1.56. The van der Waals surface area contributed by atoms with Crippen LogP contribution in [0.1, 0.15) is 33.1 Å². The van der Waals surface area contributed by atoms with Crippen molar-refractivity contribution in [3.8, 4) is 5.75 Å². The van der Waals surface area contributed by atoms with Crippen LogP contribution in [0.3, 0.4) is 0 Å². The summed E-state index contributed by atoms with van der Waals surface area (Å²) in [5, 5.41) is 2.84. The molecule has 0 radical (unpaired) electrons. The SMILES string of the molecule is COc1cc(NC(=O)C(C)(C)CCl)ccc1N1CCCCC1=O. The molecule has 0 spiro atoms. The molecule has 0 aromatic heterocycles. The number of halogens is 1. The molecule has 1 aromatic carbocycles. The molecule has 0 atom stereocenters. The van der Waals surface area contributed by atoms with Crippen molar-refractivity contribution in [2.75, 3.05) is 29.8 Å². The van der Waals surface area contributed by atoms with Gasteiger partial charge in [0.1, 0.15) is 5.75 Å². The third-order valence-corrected chi connectivity index (χ3v) is 4.67. The van der Waals surface area contributed by atoms with Crippen LogP contribution in [0.15, 0.2) is 18.2 Å². The number of carbonyl (C=O) groups excluding carboxylic acids is 2. The first-order valence-electron chi connectivity index (χ1n) is 7.75. The van der Waals surface area contributed by atoms with Gasteiger partial charge in [0.15, 0.2) is 0 Å². The Kier molecular flexibility index (Phi) is 5.52. The number of hydrogen-bond acceptors (Lipinski definition) is 3. The molecule has 2 amide bonds. The molecule has 1 fully saturated rings. The number of methoxy groups -OCH3 is 1. The Morgan fingerprint density at radius 3 is 2.74 bits per heavy atom. The quantitative estimate of drug-likeness (QED) is 0.837. The van der Waals surface area contributed by atoms with Crippen molar-refractivity contribution in [1.29, 1.82) is 0 Å². The molecule has 2 rings (SSSR count). The second kappa shape index (κ2) is 7.21. The van der Waals surface area contributed by atoms with Crippen molar-refractivity contribution in [1.82, 2.24) is 0 Å². The van der Waals surface area contributed by atoms with E-state index in [9.17, 15) is 9.59 Å². The number of nitrogens with one attached hydrogen (secondary N) is 1. The van der Waals surface area contributed by atoms with Gasteiger partial charge in [-0.1, -0.05) is 0 Å². The summed E-state index contributed by atoms with van der Waals surface area (Å²) in [5.41, 5.74) is 0.709. The van der Waals surface area contributed by atoms with Gasteiger partial charge in [0.25, 0.3) is 0 Å². The second-order valence-electron chi connectivity index (χ2n) is 6.36. The maximum Gasteiger partial charge on any atom is 0.231 e. The Labute approximate surface area is 141 Å². The van der Waals surface area contributed by atoms with Crippen LogP contribution < -0.4 is 15.0 Å². The standard InChI is InChI=1S/C17H23ClN2O3/c1-17(2,11-18)16(22)19-12-7-8-13(14(10-12)23-3)20-9-5-4-6-15(20)21/h7-8,10H,4-6,9,11H2,1-3H3,(H,19,22). The molecule has 1 N–H and O–H groups in total. The summed E-state index contributed by atoms with van der Waals surface area (Å²) in [6.07, 6.45) is 2.47. The summed E-state index contributed by atoms with van der Waals surface area (Å²) in [6.45, 7) is 4.26. The first-order chi connectivity index (χ1) is 10.9. The van der Waals surface area contributed by atoms with Gasteiger partial charge in [0.05, 0.1) is 18.2 Å². The lowest BCUT2D eigenvalue weighted by molar-refractivity contribution is -0.123. The number of alkyl halides is 1. The van der Waals surface area contributed by atoms with E-state index in [0.717, 1.165) is 18.5 Å². The number of anilines is 2. The highest BCUT2D eigenvalue weighted by molar-refractivity contribution is 6.20. The lowest BCUT2D eigenvalue weighted by Crippen LogP contribution is -2.35. The predicted octanol–water partition coefficient (Wildman–Crippen LogP) is 3.42. The fourth-order valence-electron chi connectivity index (χ4n) is 2.40. The van der Waals surface area contributed by atoms with Crippen LogP contribution in [0.2, 0.25) is 0 Å². The van der Waals surface area contributed by atoms with Gasteiger partial charge in [-0.2, -0.15) is 0 Å². The van der Waals surface area contributed by atoms with E-state index in [0.29, 0.717) is 24.4 Å². The van der Waals surface area contributed by atoms with Gasteiger partial charge in [0, 0.05) is 30.6 Å². The number of ether oxygens (including phenoxy) is 1. The van der Waals surface area contributed by atoms with E-state index in [4.69, 9.17) is 16.3 Å². The smallest absolute Gasteiger partial charge is 0.231 e. The highest BCUT2D eigenvalue weighted by Gasteiger charge is 2.27. The van der Waals surface area contributed by atoms with Gasteiger partial charge >= 0.3 is 0 Å². The van der Waals surface area contributed by atoms with E-state index in [1.165, 1.54) is 0 Å². The lowest BCUT2D eigenvalue weighted by atomic mass is 9.95. The fraction of sp³-hybridized carbons (Fsp3) is 0.529. The fourth-order valence-corrected chi connectivity index (χ4v) is 2.52. The topological polar surface area (TPSA) is 58.6 Å². The number of benzene rings is 1. The molecular formula is C17H23ClN2O3. The number of amides is 2. The van der Waals surface area contributed by atoms with E-state index < -0.39 is 5.41 Å². The van der Waals surface area contributed by atoms with Crippen molar-refractivity contribution < 1.29 is 14.3 Å². The highest BCUT2D eigenvalue weighted by atomic mass is 35.5. The number of rotatable bonds is 5. The monoisotopic (exact) mass is 338 g/mol. The average Bonchev–Trinajstić information content (AvgIpc) is 2.55. The second-order valence-corrected chi connectivity index (χ2v) is 6.63. The normalized spacial score (nSPS) is 15.5. The maximum atomic E-state index is 12.2. The molecule has 5 nitrogen and oxygen atoms in total. The van der Waals surface area contributed by atoms with E-state index in [1.54, 1.807) is 38.0 Å². The van der Waals surface area contributed by atoms with Gasteiger partial charge < -0.3 is 15.0 Å². The van der Waals surface area contributed by atoms with Gasteiger partial charge in [-0.15, -0.1) is 11.6 Å². The molecule has 1 aromatic rings. The molecule has 0 aliphatic carbocycles. The minimum atomic E-state index is -0.656. The molecule has 0 unspecified atom stereocenters. The molecular weight excluding hydrogens is 316 g/mol. The van der Waals surface area contributed by atoms with E-state index in [1.807, 2.05) is 6.07 Å². The van der Waals surface area contributed by atoms with Crippen molar-refractivity contribution in [2.45, 2.75) is 33.1 Å². The Morgan fingerprint density at radius 2 is 2.13 bits per heavy atom. The third kappa shape index (κ3) is 3.96. The van der Waals surface area contributed by atoms with Crippen molar-refractivity contribution >= 4 is 34.8 Å². The van der Waals surface area contributed by atoms with Crippen LogP contribution in [-0.4, -0.2) is 31.3 Å². The van der Waals surface area contributed by atoms with Gasteiger partial charge in [-0.3, -0.25) is 9.59 Å². The summed E-state index contributed by atoms with van der Waals surface area (Å²) in [4.78, 5) is 26.0. The van der Waals surface area contributed by atoms with Gasteiger partial charge in [-0.25, -0.2) is 0 Å². The lowest BCUT2D eigenvalue weighted by Gasteiger charge is -2.28. The average molecular weight is 339 g/mol. The molecule has 126 valence electrons. The third-order valence-electron chi connectivity index (χ3n) is 4.00. The van der Waals surface area contributed by atoms with E-state index in [2.05, 4.69) is 5.32 Å². The molecule has 1 aliphatic rings. The summed E-state index contributed by atoms with van der Waals surface area (Å²) in [5.74, 6) is 0.753. The molecule has 1 saturated heterocycles. The zero-order valence-corrected chi connectivity index (χ0v) is 14.6. The maximum absolute atomic E-state index is 12.2. The van der Waals surface area contributed by atoms with Crippen molar-refractivity contribution in [3.63, 3.8) is 0 Å². The van der Waals surface area contributed by atoms with Crippen molar-refractivity contribution in [3.05, 3.63) is 18.2 Å². The number of piperidine rings is 1. The Morgan fingerprint density at radius 1 is 1.39 bits per heavy atom. The zero-order chi connectivity index (χ0) is 17.0. The Bertz CT molecular complexity index is 602. The minimum Gasteiger partial charge on any atom is -0.494 e. The molecule has 0 saturated carbocycles. The molecule has 0 bridgehead atoms. The van der Waals surface area contributed by atoms with Crippen LogP contribution in [0.25, 0.3) is 0 Å². The van der Waals surface area contributed by atoms with Crippen LogP contribution in [0.4, 0.5) is 11.4 Å². The molecule has 6 heteroatoms. The highest BCUT2D eigenvalue weighted by Crippen LogP contribution is 2.34. The van der Waals surface area contributed by atoms with Crippen molar-refractivity contribution in [2.24, 2.45) is 5.41 Å². The summed E-state index contributed by atoms with van der Waals surface area (Å²) >= 11 is 5.83. The van der Waals surface area contributed by atoms with E-state index in [-0.39, 0.29) is 17.7 Å². The first-order valence-corrected chi connectivity index (χ1v) is 8.28. The minimum absolute atomic E-state index is 0.106. The Balaban J connectivity index is 2.23. The van der Waals surface area contributed by atoms with Crippen LogP contribution >= 0.6 is 11.6 Å². The van der Waals surface area contributed by atoms with Crippen LogP contribution in [0, 0.1) is 5.41 Å². The predicted molar refractivity (Wildman–Crippen MR) is 92.3 cm³/mol. The molecule has 1 aliphatic heterocycles. The first kappa shape index (κ1) is 17.6. The number of nitrogens with zero attached hydrogens (tertiary/aromatic N) is 1. The van der Waals surface area contributed by atoms with E-state index >= 15 is 0 Å². The van der Waals surface area contributed by atoms with Crippen LogP contribution in [-0.2, 0) is 9.59 Å². The zero-order valence-electron chi connectivity index (χ0n) is 13.8.